The number of amides is 1. The van der Waals surface area contributed by atoms with Crippen LogP contribution in [0.3, 0.4) is 0 Å². The van der Waals surface area contributed by atoms with Crippen molar-refractivity contribution in [3.05, 3.63) is 0 Å². The fraction of sp³-hybridized carbons (Fsp3) is 0.875. The van der Waals surface area contributed by atoms with Crippen LogP contribution in [0.15, 0.2) is 0 Å². The minimum absolute atomic E-state index is 0.0442. The van der Waals surface area contributed by atoms with Crippen LogP contribution in [0.1, 0.15) is 54.4 Å². The molecule has 1 rings (SSSR count). The van der Waals surface area contributed by atoms with Crippen molar-refractivity contribution in [3.63, 3.8) is 0 Å². The Kier molecular flexibility index (Phi) is 6.23. The molecule has 0 spiro atoms. The molecule has 1 aliphatic heterocycles. The Morgan fingerprint density at radius 3 is 2.18 bits per heavy atom. The minimum Gasteiger partial charge on any atom is -0.458 e. The summed E-state index contributed by atoms with van der Waals surface area (Å²) in [4.78, 5) is 25.4. The van der Waals surface area contributed by atoms with Gasteiger partial charge in [0, 0.05) is 6.54 Å². The molecular formula is C16H29NO5. The first-order valence-electron chi connectivity index (χ1n) is 7.77. The molecule has 1 amide bonds. The van der Waals surface area contributed by atoms with Crippen LogP contribution in [-0.2, 0) is 19.0 Å². The molecule has 0 unspecified atom stereocenters. The van der Waals surface area contributed by atoms with E-state index in [1.807, 2.05) is 41.5 Å². The zero-order valence-corrected chi connectivity index (χ0v) is 14.6. The first kappa shape index (κ1) is 18.7. The van der Waals surface area contributed by atoms with E-state index >= 15 is 0 Å². The van der Waals surface area contributed by atoms with E-state index in [0.29, 0.717) is 13.2 Å². The van der Waals surface area contributed by atoms with E-state index < -0.39 is 17.2 Å². The molecule has 0 aromatic heterocycles. The van der Waals surface area contributed by atoms with E-state index in [2.05, 4.69) is 0 Å². The molecule has 1 aliphatic rings. The Balaban J connectivity index is 2.38. The molecule has 0 bridgehead atoms. The normalized spacial score (nSPS) is 19.2. The lowest BCUT2D eigenvalue weighted by atomic mass is 10.2. The Morgan fingerprint density at radius 2 is 1.64 bits per heavy atom. The molecule has 0 radical (unpaired) electrons. The topological polar surface area (TPSA) is 65.1 Å². The van der Waals surface area contributed by atoms with Gasteiger partial charge in [-0.05, 0) is 54.4 Å². The Morgan fingerprint density at radius 1 is 1.05 bits per heavy atom. The van der Waals surface area contributed by atoms with Gasteiger partial charge in [0.05, 0.1) is 12.6 Å². The van der Waals surface area contributed by atoms with Gasteiger partial charge in [-0.1, -0.05) is 0 Å². The molecule has 1 atom stereocenters. The average molecular weight is 315 g/mol. The van der Waals surface area contributed by atoms with Gasteiger partial charge in [0.25, 0.3) is 0 Å². The van der Waals surface area contributed by atoms with Gasteiger partial charge in [-0.3, -0.25) is 0 Å². The third-order valence-electron chi connectivity index (χ3n) is 2.96. The third kappa shape index (κ3) is 7.11. The Labute approximate surface area is 133 Å². The largest absolute Gasteiger partial charge is 0.458 e. The molecule has 1 heterocycles. The number of ether oxygens (including phenoxy) is 3. The second kappa shape index (κ2) is 7.31. The highest BCUT2D eigenvalue weighted by Gasteiger charge is 2.32. The first-order valence-corrected chi connectivity index (χ1v) is 7.77. The van der Waals surface area contributed by atoms with Crippen molar-refractivity contribution < 1.29 is 23.8 Å². The molecule has 0 saturated carbocycles. The monoisotopic (exact) mass is 315 g/mol. The number of carbonyl (C=O) groups is 2. The van der Waals surface area contributed by atoms with Crippen LogP contribution in [0.2, 0.25) is 0 Å². The summed E-state index contributed by atoms with van der Waals surface area (Å²) < 4.78 is 16.0. The average Bonchev–Trinajstić information content (AvgIpc) is 2.72. The predicted octanol–water partition coefficient (Wildman–Crippen LogP) is 2.74. The Hall–Kier alpha value is -1.30. The molecule has 0 aromatic rings. The zero-order chi connectivity index (χ0) is 17.0. The zero-order valence-electron chi connectivity index (χ0n) is 14.6. The van der Waals surface area contributed by atoms with Crippen LogP contribution in [0, 0.1) is 0 Å². The second-order valence-corrected chi connectivity index (χ2v) is 7.57. The number of nitrogens with zero attached hydrogens (tertiary/aromatic N) is 1. The molecule has 128 valence electrons. The fourth-order valence-electron chi connectivity index (χ4n) is 2.22. The maximum atomic E-state index is 12.1. The minimum atomic E-state index is -0.518. The van der Waals surface area contributed by atoms with Crippen LogP contribution in [0.4, 0.5) is 4.79 Å². The van der Waals surface area contributed by atoms with Gasteiger partial charge in [0.2, 0.25) is 0 Å². The van der Waals surface area contributed by atoms with Gasteiger partial charge in [0.1, 0.15) is 17.8 Å². The van der Waals surface area contributed by atoms with Crippen LogP contribution in [-0.4, -0.2) is 54.0 Å². The molecular weight excluding hydrogens is 286 g/mol. The van der Waals surface area contributed by atoms with Crippen molar-refractivity contribution >= 4 is 12.1 Å². The van der Waals surface area contributed by atoms with Gasteiger partial charge in [-0.25, -0.2) is 9.59 Å². The van der Waals surface area contributed by atoms with Crippen molar-refractivity contribution in [1.29, 1.82) is 0 Å². The summed E-state index contributed by atoms with van der Waals surface area (Å²) in [6.45, 7) is 11.8. The number of hydrogen-bond donors (Lipinski definition) is 0. The molecule has 1 fully saturated rings. The second-order valence-electron chi connectivity index (χ2n) is 7.57. The van der Waals surface area contributed by atoms with Gasteiger partial charge < -0.3 is 19.1 Å². The maximum absolute atomic E-state index is 12.1. The van der Waals surface area contributed by atoms with Crippen molar-refractivity contribution in [2.75, 3.05) is 19.8 Å². The highest BCUT2D eigenvalue weighted by molar-refractivity contribution is 5.71. The first-order chi connectivity index (χ1) is 9.98. The lowest BCUT2D eigenvalue weighted by Gasteiger charge is -2.28. The Bertz CT molecular complexity index is 394. The summed E-state index contributed by atoms with van der Waals surface area (Å²) in [6, 6.07) is -0.0442. The summed E-state index contributed by atoms with van der Waals surface area (Å²) in [5, 5.41) is 0. The van der Waals surface area contributed by atoms with Gasteiger partial charge in [-0.15, -0.1) is 0 Å². The number of likely N-dealkylation sites (tertiary alicyclic amines) is 1. The van der Waals surface area contributed by atoms with Crippen LogP contribution < -0.4 is 0 Å². The van der Waals surface area contributed by atoms with Gasteiger partial charge in [0.15, 0.2) is 0 Å². The number of hydrogen-bond acceptors (Lipinski definition) is 5. The highest BCUT2D eigenvalue weighted by atomic mass is 16.6. The van der Waals surface area contributed by atoms with Crippen molar-refractivity contribution in [1.82, 2.24) is 4.90 Å². The molecule has 0 N–H and O–H groups in total. The standard InChI is InChI=1S/C16H29NO5/c1-15(2,3)21-13(18)11-20-10-12-8-7-9-17(12)14(19)22-16(4,5)6/h12H,7-11H2,1-6H3/t12-/m1/s1. The van der Waals surface area contributed by atoms with Crippen LogP contribution in [0.25, 0.3) is 0 Å². The molecule has 1 saturated heterocycles. The fourth-order valence-corrected chi connectivity index (χ4v) is 2.22. The number of carbonyl (C=O) groups excluding carboxylic acids is 2. The summed E-state index contributed by atoms with van der Waals surface area (Å²) in [7, 11) is 0. The van der Waals surface area contributed by atoms with E-state index in [4.69, 9.17) is 14.2 Å². The van der Waals surface area contributed by atoms with Crippen LogP contribution in [0.5, 0.6) is 0 Å². The lowest BCUT2D eigenvalue weighted by Crippen LogP contribution is -2.42. The van der Waals surface area contributed by atoms with E-state index in [0.717, 1.165) is 12.8 Å². The highest BCUT2D eigenvalue weighted by Crippen LogP contribution is 2.21. The quantitative estimate of drug-likeness (QED) is 0.746. The predicted molar refractivity (Wildman–Crippen MR) is 82.6 cm³/mol. The van der Waals surface area contributed by atoms with E-state index in [1.165, 1.54) is 0 Å². The van der Waals surface area contributed by atoms with E-state index in [9.17, 15) is 9.59 Å². The summed E-state index contributed by atoms with van der Waals surface area (Å²) in [6.07, 6.45) is 1.45. The number of esters is 1. The van der Waals surface area contributed by atoms with Crippen molar-refractivity contribution in [2.24, 2.45) is 0 Å². The SMILES string of the molecule is CC(C)(C)OC(=O)COC[C@H]1CCCN1C(=O)OC(C)(C)C. The molecule has 22 heavy (non-hydrogen) atoms. The third-order valence-corrected chi connectivity index (χ3v) is 2.96. The molecule has 0 aliphatic carbocycles. The summed E-state index contributed by atoms with van der Waals surface area (Å²) >= 11 is 0. The van der Waals surface area contributed by atoms with Crippen molar-refractivity contribution in [3.8, 4) is 0 Å². The summed E-state index contributed by atoms with van der Waals surface area (Å²) in [5.74, 6) is -0.394. The smallest absolute Gasteiger partial charge is 0.410 e. The lowest BCUT2D eigenvalue weighted by molar-refractivity contribution is -0.160. The molecule has 6 nitrogen and oxygen atoms in total. The van der Waals surface area contributed by atoms with E-state index in [-0.39, 0.29) is 18.7 Å². The molecule has 0 aromatic carbocycles. The van der Waals surface area contributed by atoms with Gasteiger partial charge >= 0.3 is 12.1 Å². The molecule has 6 heteroatoms. The van der Waals surface area contributed by atoms with Crippen molar-refractivity contribution in [2.45, 2.75) is 71.6 Å². The number of rotatable bonds is 4. The van der Waals surface area contributed by atoms with Crippen LogP contribution >= 0.6 is 0 Å². The summed E-state index contributed by atoms with van der Waals surface area (Å²) in [5.41, 5.74) is -1.03. The van der Waals surface area contributed by atoms with E-state index in [1.54, 1.807) is 4.90 Å². The maximum Gasteiger partial charge on any atom is 0.410 e. The van der Waals surface area contributed by atoms with Gasteiger partial charge in [-0.2, -0.15) is 0 Å².